The number of carbonyl (C=O) groups excluding carboxylic acids is 1. The molecule has 0 aliphatic carbocycles. The van der Waals surface area contributed by atoms with Gasteiger partial charge in [0.1, 0.15) is 6.61 Å². The van der Waals surface area contributed by atoms with E-state index in [-0.39, 0.29) is 31.7 Å². The number of carbonyl (C=O) groups is 2. The Morgan fingerprint density at radius 3 is 2.83 bits per heavy atom. The van der Waals surface area contributed by atoms with E-state index in [4.69, 9.17) is 9.84 Å². The third-order valence-corrected chi connectivity index (χ3v) is 2.95. The number of carboxylic acid groups (broad SMARTS) is 1. The van der Waals surface area contributed by atoms with Crippen molar-refractivity contribution in [3.05, 3.63) is 0 Å². The van der Waals surface area contributed by atoms with E-state index in [1.54, 1.807) is 4.90 Å². The summed E-state index contributed by atoms with van der Waals surface area (Å²) in [5.41, 5.74) is 0. The molecule has 104 valence electrons. The van der Waals surface area contributed by atoms with Crippen molar-refractivity contribution in [2.45, 2.75) is 19.4 Å². The number of β-amino-alcohol motifs (C(OH)–C–C–N with tert-alkyl or cyclic N) is 1. The first-order chi connectivity index (χ1) is 8.50. The Hall–Kier alpha value is -1.34. The van der Waals surface area contributed by atoms with Crippen molar-refractivity contribution in [3.63, 3.8) is 0 Å². The number of aliphatic carboxylic acids is 1. The molecular weight excluding hydrogens is 240 g/mol. The first-order valence-electron chi connectivity index (χ1n) is 6.01. The van der Waals surface area contributed by atoms with Crippen LogP contribution in [0.15, 0.2) is 0 Å². The summed E-state index contributed by atoms with van der Waals surface area (Å²) < 4.78 is 4.79. The number of urea groups is 1. The highest BCUT2D eigenvalue weighted by Gasteiger charge is 2.26. The average Bonchev–Trinajstić information content (AvgIpc) is 2.31. The van der Waals surface area contributed by atoms with Crippen LogP contribution in [-0.2, 0) is 9.53 Å². The molecule has 0 aromatic carbocycles. The Morgan fingerprint density at radius 2 is 2.22 bits per heavy atom. The minimum absolute atomic E-state index is 0.158. The maximum absolute atomic E-state index is 11.7. The van der Waals surface area contributed by atoms with Crippen molar-refractivity contribution in [2.24, 2.45) is 5.92 Å². The molecule has 7 nitrogen and oxygen atoms in total. The second-order valence-electron chi connectivity index (χ2n) is 4.46. The summed E-state index contributed by atoms with van der Waals surface area (Å²) in [6.45, 7) is 2.97. The number of nitrogens with one attached hydrogen (secondary N) is 1. The van der Waals surface area contributed by atoms with Gasteiger partial charge in [-0.25, -0.2) is 9.59 Å². The van der Waals surface area contributed by atoms with Gasteiger partial charge in [0.25, 0.3) is 0 Å². The van der Waals surface area contributed by atoms with Gasteiger partial charge in [-0.1, -0.05) is 6.92 Å². The van der Waals surface area contributed by atoms with Crippen LogP contribution in [0.5, 0.6) is 0 Å². The van der Waals surface area contributed by atoms with E-state index in [0.29, 0.717) is 13.1 Å². The Balaban J connectivity index is 2.15. The molecule has 0 spiro atoms. The molecule has 1 aliphatic rings. The van der Waals surface area contributed by atoms with E-state index in [0.717, 1.165) is 6.42 Å². The van der Waals surface area contributed by atoms with Crippen LogP contribution in [0.25, 0.3) is 0 Å². The predicted octanol–water partition coefficient (Wildman–Crippen LogP) is -0.500. The molecule has 2 amide bonds. The summed E-state index contributed by atoms with van der Waals surface area (Å²) >= 11 is 0. The number of hydrogen-bond donors (Lipinski definition) is 3. The van der Waals surface area contributed by atoms with Gasteiger partial charge in [0.2, 0.25) is 0 Å². The number of carboxylic acids is 1. The zero-order chi connectivity index (χ0) is 13.5. The van der Waals surface area contributed by atoms with Gasteiger partial charge < -0.3 is 25.2 Å². The fraction of sp³-hybridized carbons (Fsp3) is 0.818. The normalized spacial score (nSPS) is 23.8. The average molecular weight is 260 g/mol. The van der Waals surface area contributed by atoms with Crippen molar-refractivity contribution in [1.29, 1.82) is 0 Å². The number of ether oxygens (including phenoxy) is 1. The van der Waals surface area contributed by atoms with Gasteiger partial charge in [-0.2, -0.15) is 0 Å². The van der Waals surface area contributed by atoms with Crippen LogP contribution in [0.2, 0.25) is 0 Å². The summed E-state index contributed by atoms with van der Waals surface area (Å²) in [7, 11) is 0. The number of likely N-dealkylation sites (tertiary alicyclic amines) is 1. The lowest BCUT2D eigenvalue weighted by atomic mass is 9.96. The zero-order valence-electron chi connectivity index (χ0n) is 10.5. The summed E-state index contributed by atoms with van der Waals surface area (Å²) in [6, 6.07) is -0.250. The Labute approximate surface area is 106 Å². The molecule has 2 atom stereocenters. The van der Waals surface area contributed by atoms with Crippen molar-refractivity contribution < 1.29 is 24.5 Å². The molecule has 1 aliphatic heterocycles. The first-order valence-corrected chi connectivity index (χ1v) is 6.01. The highest BCUT2D eigenvalue weighted by atomic mass is 16.5. The van der Waals surface area contributed by atoms with Crippen molar-refractivity contribution in [2.75, 3.05) is 32.8 Å². The molecule has 0 saturated carbocycles. The van der Waals surface area contributed by atoms with Crippen molar-refractivity contribution in [1.82, 2.24) is 10.2 Å². The van der Waals surface area contributed by atoms with E-state index < -0.39 is 12.1 Å². The number of hydrogen-bond acceptors (Lipinski definition) is 4. The molecular formula is C11H20N2O5. The molecule has 1 heterocycles. The van der Waals surface area contributed by atoms with Crippen LogP contribution in [-0.4, -0.2) is 66.1 Å². The molecule has 1 saturated heterocycles. The second-order valence-corrected chi connectivity index (χ2v) is 4.46. The van der Waals surface area contributed by atoms with Gasteiger partial charge in [0.05, 0.1) is 12.7 Å². The van der Waals surface area contributed by atoms with Crippen LogP contribution < -0.4 is 5.32 Å². The number of rotatable bonds is 5. The van der Waals surface area contributed by atoms with E-state index in [2.05, 4.69) is 5.32 Å². The monoisotopic (exact) mass is 260 g/mol. The van der Waals surface area contributed by atoms with Crippen LogP contribution in [0.3, 0.4) is 0 Å². The van der Waals surface area contributed by atoms with E-state index in [1.807, 2.05) is 6.92 Å². The quantitative estimate of drug-likeness (QED) is 0.579. The molecule has 2 unspecified atom stereocenters. The molecule has 0 radical (unpaired) electrons. The van der Waals surface area contributed by atoms with Gasteiger partial charge in [0, 0.05) is 19.6 Å². The SMILES string of the molecule is CC1CCN(C(=O)NCCOCC(=O)O)CC1O. The summed E-state index contributed by atoms with van der Waals surface area (Å²) in [6.07, 6.45) is 0.303. The van der Waals surface area contributed by atoms with Gasteiger partial charge in [0.15, 0.2) is 0 Å². The summed E-state index contributed by atoms with van der Waals surface area (Å²) in [5, 5.41) is 20.6. The first kappa shape index (κ1) is 14.7. The third kappa shape index (κ3) is 4.89. The lowest BCUT2D eigenvalue weighted by molar-refractivity contribution is -0.142. The Bertz CT molecular complexity index is 297. The molecule has 1 rings (SSSR count). The van der Waals surface area contributed by atoms with E-state index >= 15 is 0 Å². The summed E-state index contributed by atoms with van der Waals surface area (Å²) in [4.78, 5) is 23.4. The molecule has 3 N–H and O–H groups in total. The molecule has 1 fully saturated rings. The fourth-order valence-corrected chi connectivity index (χ4v) is 1.73. The molecule has 0 aromatic rings. The Morgan fingerprint density at radius 1 is 1.50 bits per heavy atom. The predicted molar refractivity (Wildman–Crippen MR) is 63.2 cm³/mol. The topological polar surface area (TPSA) is 99.1 Å². The van der Waals surface area contributed by atoms with Crippen LogP contribution in [0, 0.1) is 5.92 Å². The minimum atomic E-state index is -1.03. The molecule has 7 heteroatoms. The van der Waals surface area contributed by atoms with Crippen molar-refractivity contribution in [3.8, 4) is 0 Å². The summed E-state index contributed by atoms with van der Waals surface area (Å²) in [5.74, 6) is -0.817. The zero-order valence-corrected chi connectivity index (χ0v) is 10.5. The van der Waals surface area contributed by atoms with Crippen LogP contribution >= 0.6 is 0 Å². The number of aliphatic hydroxyl groups excluding tert-OH is 1. The number of amides is 2. The van der Waals surface area contributed by atoms with Gasteiger partial charge in [-0.15, -0.1) is 0 Å². The molecule has 0 aromatic heterocycles. The highest BCUT2D eigenvalue weighted by molar-refractivity contribution is 5.74. The largest absolute Gasteiger partial charge is 0.480 e. The molecule has 18 heavy (non-hydrogen) atoms. The Kier molecular flexibility index (Phi) is 5.87. The highest BCUT2D eigenvalue weighted by Crippen LogP contribution is 2.16. The van der Waals surface area contributed by atoms with Gasteiger partial charge >= 0.3 is 12.0 Å². The number of nitrogens with zero attached hydrogens (tertiary/aromatic N) is 1. The van der Waals surface area contributed by atoms with Crippen LogP contribution in [0.4, 0.5) is 4.79 Å². The van der Waals surface area contributed by atoms with E-state index in [1.165, 1.54) is 0 Å². The van der Waals surface area contributed by atoms with E-state index in [9.17, 15) is 14.7 Å². The maximum atomic E-state index is 11.7. The lowest BCUT2D eigenvalue weighted by Crippen LogP contribution is -2.50. The van der Waals surface area contributed by atoms with Gasteiger partial charge in [-0.05, 0) is 12.3 Å². The standard InChI is InChI=1S/C11H20N2O5/c1-8-2-4-13(6-9(8)14)11(17)12-3-5-18-7-10(15)16/h8-9,14H,2-7H2,1H3,(H,12,17)(H,15,16). The number of aliphatic hydroxyl groups is 1. The van der Waals surface area contributed by atoms with Gasteiger partial charge in [-0.3, -0.25) is 0 Å². The lowest BCUT2D eigenvalue weighted by Gasteiger charge is -2.34. The minimum Gasteiger partial charge on any atom is -0.480 e. The molecule has 0 bridgehead atoms. The smallest absolute Gasteiger partial charge is 0.329 e. The van der Waals surface area contributed by atoms with Crippen molar-refractivity contribution >= 4 is 12.0 Å². The third-order valence-electron chi connectivity index (χ3n) is 2.95. The van der Waals surface area contributed by atoms with Crippen LogP contribution in [0.1, 0.15) is 13.3 Å². The number of piperidine rings is 1. The maximum Gasteiger partial charge on any atom is 0.329 e. The fourth-order valence-electron chi connectivity index (χ4n) is 1.73. The second kappa shape index (κ2) is 7.17.